The van der Waals surface area contributed by atoms with Gasteiger partial charge < -0.3 is 14.6 Å². The van der Waals surface area contributed by atoms with Crippen LogP contribution in [0.1, 0.15) is 55.2 Å². The van der Waals surface area contributed by atoms with Crippen LogP contribution in [-0.4, -0.2) is 18.2 Å². The monoisotopic (exact) mass is 528 g/mol. The molecule has 38 heavy (non-hydrogen) atoms. The van der Waals surface area contributed by atoms with Crippen LogP contribution in [0.4, 0.5) is 0 Å². The molecule has 1 N–H and O–H groups in total. The van der Waals surface area contributed by atoms with E-state index in [-0.39, 0.29) is 5.41 Å². The second-order valence-electron chi connectivity index (χ2n) is 11.4. The molecule has 4 aliphatic rings. The van der Waals surface area contributed by atoms with Gasteiger partial charge in [-0.1, -0.05) is 48.0 Å². The lowest BCUT2D eigenvalue weighted by Crippen LogP contribution is -2.48. The van der Waals surface area contributed by atoms with Crippen LogP contribution in [0, 0.1) is 17.8 Å². The minimum Gasteiger partial charge on any atom is -0.495 e. The number of aliphatic carboxylic acids is 1. The Hall–Kier alpha value is -3.24. The van der Waals surface area contributed by atoms with Gasteiger partial charge in [-0.05, 0) is 103 Å². The summed E-state index contributed by atoms with van der Waals surface area (Å²) in [5.74, 6) is 2.98. The molecule has 4 nitrogen and oxygen atoms in total. The van der Waals surface area contributed by atoms with Crippen molar-refractivity contribution in [3.63, 3.8) is 0 Å². The SMILES string of the molecule is COc1c(C=CC(=O)O)cc(Cl)cc1-c1ccc(OCc2ccccc2)c(C23CC4CC(CC(C4)C2)C3)c1. The summed E-state index contributed by atoms with van der Waals surface area (Å²) in [4.78, 5) is 11.2. The lowest BCUT2D eigenvalue weighted by atomic mass is 9.48. The fourth-order valence-electron chi connectivity index (χ4n) is 7.76. The molecule has 0 spiro atoms. The average Bonchev–Trinajstić information content (AvgIpc) is 2.90. The quantitative estimate of drug-likeness (QED) is 0.300. The number of ether oxygens (including phenoxy) is 2. The van der Waals surface area contributed by atoms with E-state index < -0.39 is 5.97 Å². The molecule has 4 bridgehead atoms. The van der Waals surface area contributed by atoms with E-state index in [0.29, 0.717) is 22.9 Å². The second-order valence-corrected chi connectivity index (χ2v) is 11.9. The number of benzene rings is 3. The van der Waals surface area contributed by atoms with Gasteiger partial charge in [0.2, 0.25) is 0 Å². The molecule has 0 radical (unpaired) electrons. The van der Waals surface area contributed by atoms with Gasteiger partial charge in [0.05, 0.1) is 7.11 Å². The molecule has 4 fully saturated rings. The van der Waals surface area contributed by atoms with Crippen LogP contribution < -0.4 is 9.47 Å². The van der Waals surface area contributed by atoms with Gasteiger partial charge in [0.25, 0.3) is 0 Å². The van der Waals surface area contributed by atoms with Crippen molar-refractivity contribution in [1.29, 1.82) is 0 Å². The van der Waals surface area contributed by atoms with Crippen LogP contribution in [0.3, 0.4) is 0 Å². The Morgan fingerprint density at radius 1 is 1.00 bits per heavy atom. The predicted octanol–water partition coefficient (Wildman–Crippen LogP) is 8.16. The molecule has 196 valence electrons. The molecule has 0 aliphatic heterocycles. The van der Waals surface area contributed by atoms with Crippen molar-refractivity contribution in [3.05, 3.63) is 88.5 Å². The number of hydrogen-bond donors (Lipinski definition) is 1. The Morgan fingerprint density at radius 2 is 1.68 bits per heavy atom. The highest BCUT2D eigenvalue weighted by atomic mass is 35.5. The molecule has 7 rings (SSSR count). The summed E-state index contributed by atoms with van der Waals surface area (Å²) >= 11 is 6.53. The maximum atomic E-state index is 11.2. The van der Waals surface area contributed by atoms with E-state index >= 15 is 0 Å². The summed E-state index contributed by atoms with van der Waals surface area (Å²) in [6, 6.07) is 20.4. The summed E-state index contributed by atoms with van der Waals surface area (Å²) in [6.45, 7) is 0.532. The lowest BCUT2D eigenvalue weighted by Gasteiger charge is -2.57. The van der Waals surface area contributed by atoms with Gasteiger partial charge in [-0.2, -0.15) is 0 Å². The van der Waals surface area contributed by atoms with Crippen LogP contribution in [0.25, 0.3) is 17.2 Å². The Kier molecular flexibility index (Phi) is 6.69. The molecule has 4 saturated carbocycles. The fraction of sp³-hybridized carbons (Fsp3) is 0.364. The van der Waals surface area contributed by atoms with E-state index in [9.17, 15) is 9.90 Å². The Labute approximate surface area is 229 Å². The molecule has 0 atom stereocenters. The van der Waals surface area contributed by atoms with Crippen LogP contribution >= 0.6 is 11.6 Å². The third-order valence-corrected chi connectivity index (χ3v) is 9.05. The third-order valence-electron chi connectivity index (χ3n) is 8.83. The van der Waals surface area contributed by atoms with Crippen LogP contribution in [0.5, 0.6) is 11.5 Å². The Morgan fingerprint density at radius 3 is 2.32 bits per heavy atom. The first-order chi connectivity index (χ1) is 18.4. The van der Waals surface area contributed by atoms with Crippen LogP contribution in [-0.2, 0) is 16.8 Å². The number of hydrogen-bond acceptors (Lipinski definition) is 3. The number of carbonyl (C=O) groups is 1. The number of rotatable bonds is 8. The maximum Gasteiger partial charge on any atom is 0.328 e. The van der Waals surface area contributed by atoms with Crippen LogP contribution in [0.15, 0.2) is 66.7 Å². The summed E-state index contributed by atoms with van der Waals surface area (Å²) in [5.41, 5.74) is 5.08. The van der Waals surface area contributed by atoms with E-state index in [1.165, 1.54) is 50.2 Å². The molecule has 0 unspecified atom stereocenters. The number of methoxy groups -OCH3 is 1. The smallest absolute Gasteiger partial charge is 0.328 e. The molecule has 0 heterocycles. The van der Waals surface area contributed by atoms with Gasteiger partial charge in [0, 0.05) is 27.8 Å². The molecular weight excluding hydrogens is 496 g/mol. The van der Waals surface area contributed by atoms with Crippen molar-refractivity contribution in [2.75, 3.05) is 7.11 Å². The van der Waals surface area contributed by atoms with Gasteiger partial charge in [-0.3, -0.25) is 0 Å². The standard InChI is InChI=1S/C33H33ClO4/c1-37-32-26(8-10-31(35)36)14-27(34)16-28(32)25-7-9-30(38-20-21-5-3-2-4-6-21)29(15-25)33-17-22-11-23(18-33)13-24(12-22)19-33/h2-10,14-16,22-24H,11-13,17-20H2,1H3,(H,35,36). The molecule has 0 amide bonds. The molecular formula is C33H33ClO4. The van der Waals surface area contributed by atoms with Crippen LogP contribution in [0.2, 0.25) is 5.02 Å². The van der Waals surface area contributed by atoms with Gasteiger partial charge in [0.1, 0.15) is 18.1 Å². The Balaban J connectivity index is 1.45. The van der Waals surface area contributed by atoms with Gasteiger partial charge in [-0.25, -0.2) is 4.79 Å². The molecule has 0 saturated heterocycles. The zero-order valence-electron chi connectivity index (χ0n) is 21.7. The summed E-state index contributed by atoms with van der Waals surface area (Å²) in [5, 5.41) is 9.70. The number of carboxylic acids is 1. The molecule has 4 aliphatic carbocycles. The summed E-state index contributed by atoms with van der Waals surface area (Å²) in [7, 11) is 1.61. The normalized spacial score (nSPS) is 25.6. The molecule has 5 heteroatoms. The fourth-order valence-corrected chi connectivity index (χ4v) is 7.98. The first-order valence-corrected chi connectivity index (χ1v) is 13.9. The molecule has 3 aromatic carbocycles. The van der Waals surface area contributed by atoms with E-state index in [1.54, 1.807) is 13.2 Å². The van der Waals surface area contributed by atoms with Crippen molar-refractivity contribution in [2.24, 2.45) is 17.8 Å². The number of halogens is 1. The predicted molar refractivity (Wildman–Crippen MR) is 151 cm³/mol. The van der Waals surface area contributed by atoms with Crippen molar-refractivity contribution in [3.8, 4) is 22.6 Å². The van der Waals surface area contributed by atoms with Crippen molar-refractivity contribution < 1.29 is 19.4 Å². The van der Waals surface area contributed by atoms with Crippen molar-refractivity contribution in [2.45, 2.75) is 50.5 Å². The highest BCUT2D eigenvalue weighted by Crippen LogP contribution is 2.62. The summed E-state index contributed by atoms with van der Waals surface area (Å²) in [6.07, 6.45) is 10.4. The zero-order valence-corrected chi connectivity index (χ0v) is 22.4. The van der Waals surface area contributed by atoms with E-state index in [1.807, 2.05) is 24.3 Å². The highest BCUT2D eigenvalue weighted by Gasteiger charge is 2.52. The minimum absolute atomic E-state index is 0.134. The first kappa shape index (κ1) is 25.1. The topological polar surface area (TPSA) is 55.8 Å². The molecule has 0 aromatic heterocycles. The van der Waals surface area contributed by atoms with Crippen molar-refractivity contribution in [1.82, 2.24) is 0 Å². The van der Waals surface area contributed by atoms with E-state index in [0.717, 1.165) is 46.3 Å². The maximum absolute atomic E-state index is 11.2. The summed E-state index contributed by atoms with van der Waals surface area (Å²) < 4.78 is 12.3. The second kappa shape index (κ2) is 10.1. The average molecular weight is 529 g/mol. The zero-order chi connectivity index (χ0) is 26.3. The third kappa shape index (κ3) is 4.82. The Bertz CT molecular complexity index is 1340. The minimum atomic E-state index is -1.02. The highest BCUT2D eigenvalue weighted by molar-refractivity contribution is 6.31. The van der Waals surface area contributed by atoms with Gasteiger partial charge >= 0.3 is 5.97 Å². The largest absolute Gasteiger partial charge is 0.495 e. The van der Waals surface area contributed by atoms with E-state index in [4.69, 9.17) is 21.1 Å². The van der Waals surface area contributed by atoms with Gasteiger partial charge in [-0.15, -0.1) is 0 Å². The first-order valence-electron chi connectivity index (χ1n) is 13.5. The van der Waals surface area contributed by atoms with E-state index in [2.05, 4.69) is 30.3 Å². The number of carboxylic acid groups (broad SMARTS) is 1. The van der Waals surface area contributed by atoms with Gasteiger partial charge in [0.15, 0.2) is 0 Å². The van der Waals surface area contributed by atoms with Crippen molar-refractivity contribution >= 4 is 23.6 Å². The molecule has 3 aromatic rings. The lowest BCUT2D eigenvalue weighted by molar-refractivity contribution is -0.131.